The van der Waals surface area contributed by atoms with Gasteiger partial charge in [-0.25, -0.2) is 0 Å². The zero-order valence-corrected chi connectivity index (χ0v) is 14.2. The smallest absolute Gasteiger partial charge is 0.387 e. The first-order chi connectivity index (χ1) is 10.8. The molecule has 2 rings (SSSR count). The minimum atomic E-state index is -2.86. The number of rotatable bonds is 4. The van der Waals surface area contributed by atoms with Crippen LogP contribution in [0.4, 0.5) is 20.2 Å². The largest absolute Gasteiger partial charge is 0.435 e. The number of ether oxygens (including phenoxy) is 1. The van der Waals surface area contributed by atoms with E-state index in [9.17, 15) is 8.78 Å². The van der Waals surface area contributed by atoms with Crippen molar-refractivity contribution in [3.63, 3.8) is 0 Å². The first-order valence-electron chi connectivity index (χ1n) is 6.43. The van der Waals surface area contributed by atoms with Crippen molar-refractivity contribution in [3.8, 4) is 5.75 Å². The van der Waals surface area contributed by atoms with Gasteiger partial charge in [0.1, 0.15) is 5.75 Å². The predicted molar refractivity (Wildman–Crippen MR) is 94.1 cm³/mol. The number of anilines is 2. The molecule has 23 heavy (non-hydrogen) atoms. The highest BCUT2D eigenvalue weighted by atomic mass is 35.5. The molecule has 3 nitrogen and oxygen atoms in total. The van der Waals surface area contributed by atoms with E-state index in [1.54, 1.807) is 31.2 Å². The van der Waals surface area contributed by atoms with E-state index >= 15 is 0 Å². The van der Waals surface area contributed by atoms with E-state index in [-0.39, 0.29) is 5.75 Å². The Morgan fingerprint density at radius 3 is 2.43 bits per heavy atom. The van der Waals surface area contributed by atoms with Crippen LogP contribution in [0.15, 0.2) is 36.4 Å². The highest BCUT2D eigenvalue weighted by Gasteiger charge is 2.08. The topological polar surface area (TPSA) is 33.3 Å². The van der Waals surface area contributed by atoms with Gasteiger partial charge in [0.25, 0.3) is 0 Å². The van der Waals surface area contributed by atoms with Gasteiger partial charge in [-0.05, 0) is 61.1 Å². The first kappa shape index (κ1) is 17.7. The van der Waals surface area contributed by atoms with Gasteiger partial charge in [-0.3, -0.25) is 0 Å². The quantitative estimate of drug-likeness (QED) is 0.669. The number of aryl methyl sites for hydroxylation is 1. The van der Waals surface area contributed by atoms with E-state index < -0.39 is 6.61 Å². The molecule has 0 radical (unpaired) electrons. The zero-order valence-electron chi connectivity index (χ0n) is 11.9. The summed E-state index contributed by atoms with van der Waals surface area (Å²) in [5, 5.41) is 7.11. The number of nitrogens with one attached hydrogen (secondary N) is 2. The lowest BCUT2D eigenvalue weighted by molar-refractivity contribution is -0.0498. The Kier molecular flexibility index (Phi) is 5.98. The highest BCUT2D eigenvalue weighted by Crippen LogP contribution is 2.26. The van der Waals surface area contributed by atoms with E-state index in [1.165, 1.54) is 12.1 Å². The Morgan fingerprint density at radius 1 is 1.09 bits per heavy atom. The van der Waals surface area contributed by atoms with Gasteiger partial charge in [-0.2, -0.15) is 8.78 Å². The molecule has 0 spiro atoms. The maximum absolute atomic E-state index is 12.2. The molecule has 0 bridgehead atoms. The second kappa shape index (κ2) is 7.77. The SMILES string of the molecule is Cc1cc(OC(F)F)ccc1NC(=S)Nc1ccc(Cl)c(Cl)c1. The van der Waals surface area contributed by atoms with Gasteiger partial charge in [0, 0.05) is 11.4 Å². The molecule has 0 aliphatic rings. The van der Waals surface area contributed by atoms with Crippen LogP contribution in [0.3, 0.4) is 0 Å². The summed E-state index contributed by atoms with van der Waals surface area (Å²) in [5.74, 6) is 0.0893. The van der Waals surface area contributed by atoms with Crippen molar-refractivity contribution in [2.45, 2.75) is 13.5 Å². The molecule has 8 heteroatoms. The van der Waals surface area contributed by atoms with Crippen molar-refractivity contribution in [1.82, 2.24) is 0 Å². The number of thiocarbonyl (C=S) groups is 1. The molecule has 0 saturated heterocycles. The van der Waals surface area contributed by atoms with Gasteiger partial charge in [-0.1, -0.05) is 23.2 Å². The van der Waals surface area contributed by atoms with E-state index in [1.807, 2.05) is 0 Å². The summed E-state index contributed by atoms with van der Waals surface area (Å²) in [6.45, 7) is -1.10. The maximum atomic E-state index is 12.2. The van der Waals surface area contributed by atoms with Crippen molar-refractivity contribution in [2.24, 2.45) is 0 Å². The van der Waals surface area contributed by atoms with E-state index in [4.69, 9.17) is 35.4 Å². The third-order valence-electron chi connectivity index (χ3n) is 2.85. The normalized spacial score (nSPS) is 10.5. The van der Waals surface area contributed by atoms with E-state index in [0.717, 1.165) is 0 Å². The molecular formula is C15H12Cl2F2N2OS. The second-order valence-corrected chi connectivity index (χ2v) is 5.79. The summed E-state index contributed by atoms with van der Waals surface area (Å²) < 4.78 is 28.7. The summed E-state index contributed by atoms with van der Waals surface area (Å²) in [7, 11) is 0. The van der Waals surface area contributed by atoms with Gasteiger partial charge in [-0.15, -0.1) is 0 Å². The molecule has 0 saturated carbocycles. The fourth-order valence-corrected chi connectivity index (χ4v) is 2.34. The molecule has 0 unspecified atom stereocenters. The minimum absolute atomic E-state index is 0.0893. The summed E-state index contributed by atoms with van der Waals surface area (Å²) in [5.41, 5.74) is 2.05. The average Bonchev–Trinajstić information content (AvgIpc) is 2.45. The third kappa shape index (κ3) is 5.20. The minimum Gasteiger partial charge on any atom is -0.435 e. The van der Waals surface area contributed by atoms with Gasteiger partial charge in [0.15, 0.2) is 5.11 Å². The Bertz CT molecular complexity index is 729. The molecule has 2 N–H and O–H groups in total. The Labute approximate surface area is 147 Å². The standard InChI is InChI=1S/C15H12Cl2F2N2OS/c1-8-6-10(22-14(18)19)3-5-13(8)21-15(23)20-9-2-4-11(16)12(17)7-9/h2-7,14H,1H3,(H2,20,21,23). The van der Waals surface area contributed by atoms with Crippen molar-refractivity contribution < 1.29 is 13.5 Å². The van der Waals surface area contributed by atoms with Crippen LogP contribution in [0.5, 0.6) is 5.75 Å². The lowest BCUT2D eigenvalue weighted by atomic mass is 10.2. The zero-order chi connectivity index (χ0) is 17.0. The van der Waals surface area contributed by atoms with E-state index in [0.29, 0.717) is 32.1 Å². The van der Waals surface area contributed by atoms with Crippen LogP contribution >= 0.6 is 35.4 Å². The molecule has 2 aromatic rings. The number of alkyl halides is 2. The van der Waals surface area contributed by atoms with Gasteiger partial charge in [0.2, 0.25) is 0 Å². The molecule has 2 aromatic carbocycles. The fraction of sp³-hybridized carbons (Fsp3) is 0.133. The molecule has 0 amide bonds. The lowest BCUT2D eigenvalue weighted by Crippen LogP contribution is -2.19. The van der Waals surface area contributed by atoms with Crippen molar-refractivity contribution >= 4 is 51.9 Å². The van der Waals surface area contributed by atoms with Gasteiger partial charge in [0.05, 0.1) is 10.0 Å². The molecule has 0 heterocycles. The predicted octanol–water partition coefficient (Wildman–Crippen LogP) is 5.71. The van der Waals surface area contributed by atoms with E-state index in [2.05, 4.69) is 15.4 Å². The summed E-state index contributed by atoms with van der Waals surface area (Å²) in [6.07, 6.45) is 0. The summed E-state index contributed by atoms with van der Waals surface area (Å²) in [6, 6.07) is 9.56. The van der Waals surface area contributed by atoms with Crippen LogP contribution in [0.2, 0.25) is 10.0 Å². The molecule has 0 atom stereocenters. The number of halogens is 4. The van der Waals surface area contributed by atoms with Crippen LogP contribution in [0, 0.1) is 6.92 Å². The third-order valence-corrected chi connectivity index (χ3v) is 3.79. The average molecular weight is 377 g/mol. The first-order valence-corrected chi connectivity index (χ1v) is 7.60. The van der Waals surface area contributed by atoms with Crippen LogP contribution in [-0.4, -0.2) is 11.7 Å². The molecular weight excluding hydrogens is 365 g/mol. The molecule has 0 aliphatic carbocycles. The van der Waals surface area contributed by atoms with Crippen LogP contribution in [-0.2, 0) is 0 Å². The number of hydrogen-bond donors (Lipinski definition) is 2. The molecule has 122 valence electrons. The second-order valence-electron chi connectivity index (χ2n) is 4.56. The summed E-state index contributed by atoms with van der Waals surface area (Å²) in [4.78, 5) is 0. The maximum Gasteiger partial charge on any atom is 0.387 e. The number of benzene rings is 2. The van der Waals surface area contributed by atoms with Crippen LogP contribution in [0.25, 0.3) is 0 Å². The van der Waals surface area contributed by atoms with Crippen molar-refractivity contribution in [1.29, 1.82) is 0 Å². The highest BCUT2D eigenvalue weighted by molar-refractivity contribution is 7.80. The van der Waals surface area contributed by atoms with Crippen LogP contribution < -0.4 is 15.4 Å². The Balaban J connectivity index is 2.03. The monoisotopic (exact) mass is 376 g/mol. The lowest BCUT2D eigenvalue weighted by Gasteiger charge is -2.14. The summed E-state index contributed by atoms with van der Waals surface area (Å²) >= 11 is 17.0. The Hall–Kier alpha value is -1.63. The Morgan fingerprint density at radius 2 is 1.83 bits per heavy atom. The van der Waals surface area contributed by atoms with Crippen molar-refractivity contribution in [3.05, 3.63) is 52.0 Å². The fourth-order valence-electron chi connectivity index (χ4n) is 1.81. The molecule has 0 aliphatic heterocycles. The number of hydrogen-bond acceptors (Lipinski definition) is 2. The molecule has 0 fully saturated rings. The van der Waals surface area contributed by atoms with Crippen molar-refractivity contribution in [2.75, 3.05) is 10.6 Å². The van der Waals surface area contributed by atoms with Crippen LogP contribution in [0.1, 0.15) is 5.56 Å². The molecule has 0 aromatic heterocycles. The van der Waals surface area contributed by atoms with Gasteiger partial charge >= 0.3 is 6.61 Å². The van der Waals surface area contributed by atoms with Gasteiger partial charge < -0.3 is 15.4 Å².